The molecule has 0 heterocycles. The van der Waals surface area contributed by atoms with Gasteiger partial charge in [0.25, 0.3) is 0 Å². The van der Waals surface area contributed by atoms with Gasteiger partial charge in [-0.2, -0.15) is 0 Å². The van der Waals surface area contributed by atoms with E-state index >= 15 is 0 Å². The summed E-state index contributed by atoms with van der Waals surface area (Å²) in [6, 6.07) is 6.23. The summed E-state index contributed by atoms with van der Waals surface area (Å²) in [5.74, 6) is 1.40. The number of ether oxygens (including phenoxy) is 1. The van der Waals surface area contributed by atoms with Crippen LogP contribution in [0.4, 0.5) is 0 Å². The number of ketones is 1. The number of carbonyl (C=O) groups excluding carboxylic acids is 1. The molecule has 102 valence electrons. The number of allylic oxidation sites excluding steroid dienone is 3. The van der Waals surface area contributed by atoms with Crippen LogP contribution in [0.15, 0.2) is 36.4 Å². The van der Waals surface area contributed by atoms with E-state index in [-0.39, 0.29) is 11.3 Å². The minimum atomic E-state index is -0.262. The Morgan fingerprint density at radius 1 is 1.40 bits per heavy atom. The summed E-state index contributed by atoms with van der Waals surface area (Å²) in [5, 5.41) is 0. The largest absolute Gasteiger partial charge is 0.497 e. The van der Waals surface area contributed by atoms with Crippen molar-refractivity contribution in [2.75, 3.05) is 7.11 Å². The van der Waals surface area contributed by atoms with E-state index in [2.05, 4.69) is 24.8 Å². The van der Waals surface area contributed by atoms with E-state index in [1.807, 2.05) is 6.07 Å². The zero-order valence-corrected chi connectivity index (χ0v) is 11.7. The third-order valence-electron chi connectivity index (χ3n) is 5.31. The number of aryl methyl sites for hydroxylation is 1. The van der Waals surface area contributed by atoms with E-state index in [0.717, 1.165) is 37.0 Å². The molecule has 3 aliphatic rings. The first-order valence-corrected chi connectivity index (χ1v) is 7.25. The van der Waals surface area contributed by atoms with Gasteiger partial charge in [-0.3, -0.25) is 4.79 Å². The lowest BCUT2D eigenvalue weighted by Crippen LogP contribution is -2.36. The second kappa shape index (κ2) is 3.85. The van der Waals surface area contributed by atoms with Crippen molar-refractivity contribution in [3.63, 3.8) is 0 Å². The number of rotatable bonds is 1. The Bertz CT molecular complexity index is 668. The molecular formula is C18H18O2. The van der Waals surface area contributed by atoms with Gasteiger partial charge in [0.2, 0.25) is 0 Å². The van der Waals surface area contributed by atoms with Gasteiger partial charge in [-0.15, -0.1) is 0 Å². The molecule has 3 aliphatic carbocycles. The number of hydrogen-bond acceptors (Lipinski definition) is 2. The molecule has 1 aromatic rings. The van der Waals surface area contributed by atoms with Gasteiger partial charge < -0.3 is 4.74 Å². The average molecular weight is 266 g/mol. The van der Waals surface area contributed by atoms with Crippen LogP contribution in [-0.4, -0.2) is 12.9 Å². The van der Waals surface area contributed by atoms with Gasteiger partial charge >= 0.3 is 0 Å². The molecule has 0 unspecified atom stereocenters. The molecule has 20 heavy (non-hydrogen) atoms. The van der Waals surface area contributed by atoms with Gasteiger partial charge in [0.05, 0.1) is 12.5 Å². The molecular weight excluding hydrogens is 248 g/mol. The SMILES string of the molecule is C=C1C[C@@]23CCc4cc(OC)ccc4C2=CC[C@@H]1C3=O. The average Bonchev–Trinajstić information content (AvgIpc) is 2.61. The second-order valence-electron chi connectivity index (χ2n) is 6.21. The molecule has 0 saturated heterocycles. The Hall–Kier alpha value is -1.83. The quantitative estimate of drug-likeness (QED) is 0.726. The third-order valence-corrected chi connectivity index (χ3v) is 5.31. The fraction of sp³-hybridized carbons (Fsp3) is 0.389. The molecule has 1 fully saturated rings. The molecule has 2 heteroatoms. The van der Waals surface area contributed by atoms with Crippen molar-refractivity contribution >= 4 is 11.4 Å². The molecule has 0 radical (unpaired) electrons. The van der Waals surface area contributed by atoms with Crippen LogP contribution in [0.5, 0.6) is 5.75 Å². The Morgan fingerprint density at radius 3 is 3.05 bits per heavy atom. The summed E-state index contributed by atoms with van der Waals surface area (Å²) in [4.78, 5) is 12.8. The highest BCUT2D eigenvalue weighted by Crippen LogP contribution is 2.59. The smallest absolute Gasteiger partial charge is 0.151 e. The fourth-order valence-electron chi connectivity index (χ4n) is 4.28. The predicted molar refractivity (Wildman–Crippen MR) is 78.6 cm³/mol. The van der Waals surface area contributed by atoms with Crippen molar-refractivity contribution < 1.29 is 9.53 Å². The standard InChI is InChI=1S/C18H18O2/c1-11-10-18-8-7-12-9-13(20-2)3-4-15(12)16(18)6-5-14(11)17(18)19/h3-4,6,9,14H,1,5,7-8,10H2,2H3/t14-,18-/m0/s1. The van der Waals surface area contributed by atoms with E-state index in [4.69, 9.17) is 4.74 Å². The van der Waals surface area contributed by atoms with E-state index in [1.54, 1.807) is 7.11 Å². The number of fused-ring (bicyclic) bond motifs is 3. The number of hydrogen-bond donors (Lipinski definition) is 0. The zero-order valence-electron chi connectivity index (χ0n) is 11.7. The van der Waals surface area contributed by atoms with Crippen LogP contribution in [-0.2, 0) is 11.2 Å². The molecule has 2 atom stereocenters. The van der Waals surface area contributed by atoms with Crippen LogP contribution < -0.4 is 4.74 Å². The second-order valence-corrected chi connectivity index (χ2v) is 6.21. The van der Waals surface area contributed by atoms with Crippen molar-refractivity contribution in [2.45, 2.75) is 25.7 Å². The molecule has 0 amide bonds. The maximum Gasteiger partial charge on any atom is 0.151 e. The molecule has 1 spiro atoms. The summed E-state index contributed by atoms with van der Waals surface area (Å²) >= 11 is 0. The lowest BCUT2D eigenvalue weighted by atomic mass is 9.63. The highest BCUT2D eigenvalue weighted by Gasteiger charge is 2.55. The number of Topliss-reactive ketones (excluding diaryl/α,β-unsaturated/α-hetero) is 1. The van der Waals surface area contributed by atoms with Gasteiger partial charge in [0.1, 0.15) is 5.75 Å². The van der Waals surface area contributed by atoms with Gasteiger partial charge in [0.15, 0.2) is 5.78 Å². The van der Waals surface area contributed by atoms with E-state index in [9.17, 15) is 4.79 Å². The lowest BCUT2D eigenvalue weighted by Gasteiger charge is -2.38. The Kier molecular flexibility index (Phi) is 2.30. The molecule has 2 nitrogen and oxygen atoms in total. The van der Waals surface area contributed by atoms with Crippen LogP contribution in [0, 0.1) is 11.3 Å². The third kappa shape index (κ3) is 1.32. The van der Waals surface area contributed by atoms with E-state index in [1.165, 1.54) is 16.7 Å². The van der Waals surface area contributed by atoms with Gasteiger partial charge in [-0.1, -0.05) is 24.3 Å². The number of methoxy groups -OCH3 is 1. The fourth-order valence-corrected chi connectivity index (χ4v) is 4.28. The summed E-state index contributed by atoms with van der Waals surface area (Å²) in [6.45, 7) is 4.14. The summed E-state index contributed by atoms with van der Waals surface area (Å²) in [5.41, 5.74) is 4.68. The van der Waals surface area contributed by atoms with Crippen LogP contribution in [0.3, 0.4) is 0 Å². The summed E-state index contributed by atoms with van der Waals surface area (Å²) < 4.78 is 5.31. The number of benzene rings is 1. The highest BCUT2D eigenvalue weighted by molar-refractivity contribution is 6.06. The number of carbonyl (C=O) groups is 1. The maximum absolute atomic E-state index is 12.8. The van der Waals surface area contributed by atoms with Gasteiger partial charge in [-0.25, -0.2) is 0 Å². The summed E-state index contributed by atoms with van der Waals surface area (Å²) in [7, 11) is 1.70. The van der Waals surface area contributed by atoms with E-state index < -0.39 is 0 Å². The maximum atomic E-state index is 12.8. The Morgan fingerprint density at radius 2 is 2.25 bits per heavy atom. The van der Waals surface area contributed by atoms with Crippen molar-refractivity contribution in [3.05, 3.63) is 47.6 Å². The Balaban J connectivity index is 1.89. The molecule has 0 aliphatic heterocycles. The van der Waals surface area contributed by atoms with Crippen LogP contribution in [0.1, 0.15) is 30.4 Å². The molecule has 0 N–H and O–H groups in total. The molecule has 0 aromatic heterocycles. The van der Waals surface area contributed by atoms with Crippen LogP contribution >= 0.6 is 0 Å². The van der Waals surface area contributed by atoms with Crippen molar-refractivity contribution in [1.82, 2.24) is 0 Å². The van der Waals surface area contributed by atoms with Gasteiger partial charge in [0, 0.05) is 5.92 Å². The highest BCUT2D eigenvalue weighted by atomic mass is 16.5. The molecule has 2 bridgehead atoms. The van der Waals surface area contributed by atoms with E-state index in [0.29, 0.717) is 5.78 Å². The van der Waals surface area contributed by atoms with Crippen LogP contribution in [0.2, 0.25) is 0 Å². The first kappa shape index (κ1) is 12.0. The first-order valence-electron chi connectivity index (χ1n) is 7.25. The summed E-state index contributed by atoms with van der Waals surface area (Å²) in [6.07, 6.45) is 5.85. The zero-order chi connectivity index (χ0) is 13.9. The predicted octanol–water partition coefficient (Wildman–Crippen LogP) is 3.56. The van der Waals surface area contributed by atoms with Crippen molar-refractivity contribution in [1.29, 1.82) is 0 Å². The minimum Gasteiger partial charge on any atom is -0.497 e. The minimum absolute atomic E-state index is 0.0820. The van der Waals surface area contributed by atoms with Crippen molar-refractivity contribution in [3.8, 4) is 5.75 Å². The van der Waals surface area contributed by atoms with Gasteiger partial charge in [-0.05, 0) is 54.5 Å². The molecule has 4 rings (SSSR count). The Labute approximate surface area is 119 Å². The van der Waals surface area contributed by atoms with Crippen molar-refractivity contribution in [2.24, 2.45) is 11.3 Å². The monoisotopic (exact) mass is 266 g/mol. The topological polar surface area (TPSA) is 26.3 Å². The first-order chi connectivity index (χ1) is 9.65. The van der Waals surface area contributed by atoms with Crippen LogP contribution in [0.25, 0.3) is 5.57 Å². The normalized spacial score (nSPS) is 30.6. The lowest BCUT2D eigenvalue weighted by molar-refractivity contribution is -0.126. The molecule has 1 saturated carbocycles. The molecule has 1 aromatic carbocycles.